The molecular weight excluding hydrogens is 316 g/mol. The second-order valence-corrected chi connectivity index (χ2v) is 8.84. The van der Waals surface area contributed by atoms with Crippen molar-refractivity contribution >= 4 is 32.5 Å². The van der Waals surface area contributed by atoms with Gasteiger partial charge in [-0.15, -0.1) is 10.2 Å². The van der Waals surface area contributed by atoms with Gasteiger partial charge >= 0.3 is 5.97 Å². The van der Waals surface area contributed by atoms with Crippen LogP contribution >= 0.6 is 11.3 Å². The first kappa shape index (κ1) is 14.7. The molecule has 0 unspecified atom stereocenters. The zero-order valence-corrected chi connectivity index (χ0v) is 13.3. The Bertz CT molecular complexity index is 688. The van der Waals surface area contributed by atoms with Crippen LogP contribution in [0.15, 0.2) is 0 Å². The minimum atomic E-state index is -3.37. The molecule has 1 aromatic rings. The Labute approximate surface area is 126 Å². The van der Waals surface area contributed by atoms with Gasteiger partial charge in [0.15, 0.2) is 0 Å². The quantitative estimate of drug-likeness (QED) is 0.805. The number of aryl methyl sites for hydroxylation is 1. The number of hydrogen-bond donors (Lipinski definition) is 1. The van der Waals surface area contributed by atoms with Crippen molar-refractivity contribution in [3.8, 4) is 0 Å². The average molecular weight is 332 g/mol. The van der Waals surface area contributed by atoms with Gasteiger partial charge in [0.25, 0.3) is 0 Å². The number of hydrogen-bond acceptors (Lipinski definition) is 7. The van der Waals surface area contributed by atoms with Crippen LogP contribution in [-0.4, -0.2) is 66.4 Å². The van der Waals surface area contributed by atoms with Crippen molar-refractivity contribution in [2.24, 2.45) is 11.3 Å². The van der Waals surface area contributed by atoms with Crippen LogP contribution in [0, 0.1) is 18.3 Å². The molecule has 1 N–H and O–H groups in total. The third kappa shape index (κ3) is 2.30. The van der Waals surface area contributed by atoms with Crippen LogP contribution in [0.1, 0.15) is 5.01 Å². The van der Waals surface area contributed by atoms with Gasteiger partial charge in [-0.2, -0.15) is 0 Å². The maximum atomic E-state index is 11.8. The highest BCUT2D eigenvalue weighted by Gasteiger charge is 2.59. The molecule has 0 bridgehead atoms. The van der Waals surface area contributed by atoms with Gasteiger partial charge in [0.2, 0.25) is 15.2 Å². The predicted molar refractivity (Wildman–Crippen MR) is 76.8 cm³/mol. The van der Waals surface area contributed by atoms with Crippen molar-refractivity contribution in [3.63, 3.8) is 0 Å². The lowest BCUT2D eigenvalue weighted by Crippen LogP contribution is -2.41. The highest BCUT2D eigenvalue weighted by Crippen LogP contribution is 2.45. The van der Waals surface area contributed by atoms with E-state index in [9.17, 15) is 18.3 Å². The summed E-state index contributed by atoms with van der Waals surface area (Å²) in [5.74, 6) is -1.17. The molecule has 0 aromatic carbocycles. The minimum Gasteiger partial charge on any atom is -0.481 e. The predicted octanol–water partition coefficient (Wildman–Crippen LogP) is -0.371. The molecule has 1 aromatic heterocycles. The number of nitrogens with zero attached hydrogens (tertiary/aromatic N) is 4. The van der Waals surface area contributed by atoms with Crippen molar-refractivity contribution in [2.45, 2.75) is 6.92 Å². The summed E-state index contributed by atoms with van der Waals surface area (Å²) >= 11 is 1.42. The molecule has 2 saturated heterocycles. The molecule has 2 aliphatic rings. The number of fused-ring (bicyclic) bond motifs is 1. The Hall–Kier alpha value is -1.26. The first-order chi connectivity index (χ1) is 9.72. The number of sulfonamides is 1. The summed E-state index contributed by atoms with van der Waals surface area (Å²) in [6.45, 7) is 2.89. The van der Waals surface area contributed by atoms with Gasteiger partial charge in [-0.25, -0.2) is 12.7 Å². The van der Waals surface area contributed by atoms with Gasteiger partial charge < -0.3 is 10.0 Å². The fourth-order valence-corrected chi connectivity index (χ4v) is 4.75. The molecule has 0 saturated carbocycles. The van der Waals surface area contributed by atoms with E-state index in [0.29, 0.717) is 11.7 Å². The van der Waals surface area contributed by atoms with Crippen LogP contribution in [0.3, 0.4) is 0 Å². The highest BCUT2D eigenvalue weighted by molar-refractivity contribution is 7.88. The van der Waals surface area contributed by atoms with E-state index >= 15 is 0 Å². The smallest absolute Gasteiger partial charge is 0.313 e. The second-order valence-electron chi connectivity index (χ2n) is 5.70. The Morgan fingerprint density at radius 2 is 2.10 bits per heavy atom. The van der Waals surface area contributed by atoms with Crippen LogP contribution < -0.4 is 4.90 Å². The fourth-order valence-electron chi connectivity index (χ4n) is 3.13. The maximum Gasteiger partial charge on any atom is 0.313 e. The van der Waals surface area contributed by atoms with E-state index in [1.807, 2.05) is 11.8 Å². The van der Waals surface area contributed by atoms with Crippen molar-refractivity contribution in [3.05, 3.63) is 5.01 Å². The van der Waals surface area contributed by atoms with Crippen molar-refractivity contribution < 1.29 is 18.3 Å². The monoisotopic (exact) mass is 332 g/mol. The van der Waals surface area contributed by atoms with Crippen molar-refractivity contribution in [2.75, 3.05) is 37.3 Å². The van der Waals surface area contributed by atoms with E-state index in [-0.39, 0.29) is 25.6 Å². The lowest BCUT2D eigenvalue weighted by molar-refractivity contribution is -0.148. The largest absolute Gasteiger partial charge is 0.481 e. The summed E-state index contributed by atoms with van der Waals surface area (Å²) in [5, 5.41) is 19.2. The molecule has 0 aliphatic carbocycles. The van der Waals surface area contributed by atoms with Gasteiger partial charge in [0.1, 0.15) is 10.4 Å². The first-order valence-corrected chi connectivity index (χ1v) is 9.12. The van der Waals surface area contributed by atoms with Crippen molar-refractivity contribution in [1.82, 2.24) is 14.5 Å². The van der Waals surface area contributed by atoms with E-state index in [1.165, 1.54) is 15.6 Å². The first-order valence-electron chi connectivity index (χ1n) is 6.46. The summed E-state index contributed by atoms with van der Waals surface area (Å²) in [6.07, 6.45) is 1.12. The van der Waals surface area contributed by atoms with E-state index in [2.05, 4.69) is 10.2 Å². The summed E-state index contributed by atoms with van der Waals surface area (Å²) < 4.78 is 24.6. The molecule has 10 heteroatoms. The number of carbonyl (C=O) groups is 1. The van der Waals surface area contributed by atoms with Crippen LogP contribution in [0.4, 0.5) is 5.13 Å². The Morgan fingerprint density at radius 3 is 2.57 bits per heavy atom. The zero-order valence-electron chi connectivity index (χ0n) is 11.7. The second kappa shape index (κ2) is 4.62. The van der Waals surface area contributed by atoms with E-state index in [4.69, 9.17) is 0 Å². The van der Waals surface area contributed by atoms with Gasteiger partial charge in [0.05, 0.1) is 6.26 Å². The molecule has 21 heavy (non-hydrogen) atoms. The van der Waals surface area contributed by atoms with E-state index in [1.54, 1.807) is 0 Å². The zero-order chi connectivity index (χ0) is 15.4. The summed E-state index contributed by atoms with van der Waals surface area (Å²) in [5.41, 5.74) is -1.05. The molecule has 3 heterocycles. The fraction of sp³-hybridized carbons (Fsp3) is 0.727. The summed E-state index contributed by atoms with van der Waals surface area (Å²) in [7, 11) is -3.37. The average Bonchev–Trinajstić information content (AvgIpc) is 2.97. The topological polar surface area (TPSA) is 104 Å². The number of aliphatic carboxylic acids is 1. The maximum absolute atomic E-state index is 11.8. The molecule has 0 spiro atoms. The molecule has 2 atom stereocenters. The Balaban J connectivity index is 1.89. The van der Waals surface area contributed by atoms with Crippen LogP contribution in [0.2, 0.25) is 0 Å². The minimum absolute atomic E-state index is 0.0279. The third-order valence-electron chi connectivity index (χ3n) is 4.26. The number of carboxylic acid groups (broad SMARTS) is 1. The molecule has 8 nitrogen and oxygen atoms in total. The SMILES string of the molecule is Cc1nnc(N2C[C@@H]3CN(S(C)(=O)=O)C[C@]3(C(=O)O)C2)s1. The molecular formula is C11H16N4O4S2. The number of rotatable bonds is 3. The molecule has 0 amide bonds. The van der Waals surface area contributed by atoms with Crippen molar-refractivity contribution in [1.29, 1.82) is 0 Å². The van der Waals surface area contributed by atoms with E-state index in [0.717, 1.165) is 11.3 Å². The standard InChI is InChI=1S/C11H16N4O4S2/c1-7-12-13-10(20-7)14-3-8-4-15(21(2,18)19)6-11(8,5-14)9(16)17/h8H,3-6H2,1-2H3,(H,16,17)/t8-,11-/m1/s1. The summed E-state index contributed by atoms with van der Waals surface area (Å²) in [6, 6.07) is 0. The molecule has 0 radical (unpaired) electrons. The van der Waals surface area contributed by atoms with Gasteiger partial charge in [-0.1, -0.05) is 11.3 Å². The van der Waals surface area contributed by atoms with Crippen LogP contribution in [-0.2, 0) is 14.8 Å². The highest BCUT2D eigenvalue weighted by atomic mass is 32.2. The van der Waals surface area contributed by atoms with Crippen LogP contribution in [0.25, 0.3) is 0 Å². The van der Waals surface area contributed by atoms with Gasteiger partial charge in [0, 0.05) is 32.1 Å². The molecule has 2 fully saturated rings. The third-order valence-corrected chi connectivity index (χ3v) is 6.37. The normalized spacial score (nSPS) is 29.8. The number of anilines is 1. The number of carboxylic acids is 1. The molecule has 116 valence electrons. The Morgan fingerprint density at radius 1 is 1.38 bits per heavy atom. The summed E-state index contributed by atoms with van der Waals surface area (Å²) in [4.78, 5) is 13.7. The Kier molecular flexibility index (Phi) is 3.22. The van der Waals surface area contributed by atoms with Gasteiger partial charge in [-0.05, 0) is 6.92 Å². The van der Waals surface area contributed by atoms with Gasteiger partial charge in [-0.3, -0.25) is 4.79 Å². The lowest BCUT2D eigenvalue weighted by Gasteiger charge is -2.24. The lowest BCUT2D eigenvalue weighted by atomic mass is 9.81. The van der Waals surface area contributed by atoms with Crippen LogP contribution in [0.5, 0.6) is 0 Å². The molecule has 2 aliphatic heterocycles. The number of aromatic nitrogens is 2. The van der Waals surface area contributed by atoms with E-state index < -0.39 is 21.4 Å². The molecule has 3 rings (SSSR count).